The minimum Gasteiger partial charge on any atom is -0.364 e. The molecular formula is C17H19N3O3S2. The Morgan fingerprint density at radius 3 is 2.76 bits per heavy atom. The summed E-state index contributed by atoms with van der Waals surface area (Å²) in [5.74, 6) is -0.483. The summed E-state index contributed by atoms with van der Waals surface area (Å²) >= 11 is 3.25. The number of carbonyl (C=O) groups is 1. The third-order valence-corrected chi connectivity index (χ3v) is 5.63. The number of ether oxygens (including phenoxy) is 2. The molecule has 0 aliphatic carbocycles. The maximum absolute atomic E-state index is 11.8. The second-order valence-electron chi connectivity index (χ2n) is 5.27. The van der Waals surface area contributed by atoms with E-state index in [1.807, 2.05) is 34.0 Å². The number of carbonyl (C=O) groups excluding carboxylic acids is 1. The zero-order chi connectivity index (χ0) is 17.8. The molecule has 1 amide bonds. The van der Waals surface area contributed by atoms with Gasteiger partial charge in [-0.25, -0.2) is 0 Å². The molecule has 0 saturated heterocycles. The first-order valence-corrected chi connectivity index (χ1v) is 9.20. The van der Waals surface area contributed by atoms with Crippen LogP contribution in [0.3, 0.4) is 0 Å². The van der Waals surface area contributed by atoms with Gasteiger partial charge in [-0.2, -0.15) is 0 Å². The maximum atomic E-state index is 11.8. The Hall–Kier alpha value is -2.00. The molecule has 3 aromatic rings. The van der Waals surface area contributed by atoms with E-state index in [0.717, 1.165) is 20.8 Å². The molecule has 8 heteroatoms. The Morgan fingerprint density at radius 2 is 2.12 bits per heavy atom. The van der Waals surface area contributed by atoms with Crippen molar-refractivity contribution in [2.75, 3.05) is 25.3 Å². The normalized spacial score (nSPS) is 11.1. The summed E-state index contributed by atoms with van der Waals surface area (Å²) in [5, 5.41) is 2.96. The molecule has 132 valence electrons. The fourth-order valence-corrected chi connectivity index (χ4v) is 4.48. The number of aromatic nitrogens is 1. The number of primary amides is 1. The van der Waals surface area contributed by atoms with Gasteiger partial charge in [-0.05, 0) is 23.6 Å². The van der Waals surface area contributed by atoms with E-state index in [9.17, 15) is 4.79 Å². The van der Waals surface area contributed by atoms with Gasteiger partial charge in [0.1, 0.15) is 19.2 Å². The molecule has 0 aliphatic heterocycles. The van der Waals surface area contributed by atoms with Gasteiger partial charge in [-0.15, -0.1) is 11.3 Å². The topological polar surface area (TPSA) is 69.7 Å². The quantitative estimate of drug-likeness (QED) is 0.480. The fraction of sp³-hybridized carbons (Fsp3) is 0.235. The predicted molar refractivity (Wildman–Crippen MR) is 102 cm³/mol. The number of anilines is 1. The van der Waals surface area contributed by atoms with Crippen molar-refractivity contribution < 1.29 is 14.3 Å². The monoisotopic (exact) mass is 377 g/mol. The molecule has 2 N–H and O–H groups in total. The average molecular weight is 377 g/mol. The van der Waals surface area contributed by atoms with Gasteiger partial charge in [-0.1, -0.05) is 18.2 Å². The van der Waals surface area contributed by atoms with Crippen molar-refractivity contribution >= 4 is 45.8 Å². The fourth-order valence-electron chi connectivity index (χ4n) is 2.66. The Balaban J connectivity index is 2.14. The first-order valence-electron chi connectivity index (χ1n) is 7.54. The Kier molecular flexibility index (Phi) is 5.64. The summed E-state index contributed by atoms with van der Waals surface area (Å²) in [6.45, 7) is 0.634. The van der Waals surface area contributed by atoms with Crippen LogP contribution in [0.1, 0.15) is 10.5 Å². The molecule has 0 radical (unpaired) electrons. The highest BCUT2D eigenvalue weighted by Crippen LogP contribution is 2.37. The number of fused-ring (bicyclic) bond motifs is 1. The zero-order valence-corrected chi connectivity index (χ0v) is 15.6. The highest BCUT2D eigenvalue weighted by Gasteiger charge is 2.19. The molecule has 0 unspecified atom stereocenters. The molecule has 0 bridgehead atoms. The summed E-state index contributed by atoms with van der Waals surface area (Å²) in [7, 11) is 3.25. The summed E-state index contributed by atoms with van der Waals surface area (Å²) in [6, 6.07) is 11.8. The molecule has 2 heterocycles. The highest BCUT2D eigenvalue weighted by molar-refractivity contribution is 8.02. The van der Waals surface area contributed by atoms with Gasteiger partial charge < -0.3 is 19.8 Å². The van der Waals surface area contributed by atoms with Gasteiger partial charge >= 0.3 is 0 Å². The number of nitrogens with zero attached hydrogens (tertiary/aromatic N) is 2. The number of nitrogens with two attached hydrogens (primary N) is 1. The van der Waals surface area contributed by atoms with Crippen LogP contribution in [0.2, 0.25) is 0 Å². The molecule has 0 spiro atoms. The molecule has 0 saturated carbocycles. The lowest BCUT2D eigenvalue weighted by Crippen LogP contribution is -2.20. The summed E-state index contributed by atoms with van der Waals surface area (Å²) < 4.78 is 15.7. The van der Waals surface area contributed by atoms with E-state index >= 15 is 0 Å². The molecule has 25 heavy (non-hydrogen) atoms. The summed E-state index contributed by atoms with van der Waals surface area (Å²) in [6.07, 6.45) is 0. The SMILES string of the molecule is COCN(Sc1cccs1)c1cccc2cc(C(N)=O)n(COC)c12. The Labute approximate surface area is 154 Å². The first-order chi connectivity index (χ1) is 12.2. The molecule has 0 atom stereocenters. The molecular weight excluding hydrogens is 358 g/mol. The van der Waals surface area contributed by atoms with Gasteiger partial charge in [0.15, 0.2) is 0 Å². The van der Waals surface area contributed by atoms with E-state index in [4.69, 9.17) is 15.2 Å². The standard InChI is InChI=1S/C17H19N3O3S2/c1-22-10-19-14(17(18)21)9-12-5-3-6-13(16(12)19)20(11-23-2)25-15-7-4-8-24-15/h3-9H,10-11H2,1-2H3,(H2,18,21). The number of hydrogen-bond donors (Lipinski definition) is 1. The number of rotatable bonds is 8. The van der Waals surface area contributed by atoms with Gasteiger partial charge in [0, 0.05) is 31.6 Å². The molecule has 0 aliphatic rings. The second-order valence-corrected chi connectivity index (χ2v) is 7.54. The predicted octanol–water partition coefficient (Wildman–Crippen LogP) is 3.52. The molecule has 0 fully saturated rings. The van der Waals surface area contributed by atoms with E-state index in [0.29, 0.717) is 12.4 Å². The first kappa shape index (κ1) is 17.8. The van der Waals surface area contributed by atoms with Crippen molar-refractivity contribution in [2.45, 2.75) is 10.9 Å². The number of amides is 1. The van der Waals surface area contributed by atoms with Crippen LogP contribution in [0.15, 0.2) is 46.0 Å². The number of para-hydroxylation sites is 1. The van der Waals surface area contributed by atoms with Crippen molar-refractivity contribution in [2.24, 2.45) is 5.73 Å². The van der Waals surface area contributed by atoms with Crippen LogP contribution >= 0.6 is 23.3 Å². The number of hydrogen-bond acceptors (Lipinski definition) is 6. The summed E-state index contributed by atoms with van der Waals surface area (Å²) in [5.41, 5.74) is 7.79. The van der Waals surface area contributed by atoms with E-state index in [2.05, 4.69) is 6.07 Å². The van der Waals surface area contributed by atoms with Crippen molar-refractivity contribution in [1.82, 2.24) is 4.57 Å². The zero-order valence-electron chi connectivity index (χ0n) is 14.0. The number of benzene rings is 1. The van der Waals surface area contributed by atoms with Crippen molar-refractivity contribution in [1.29, 1.82) is 0 Å². The average Bonchev–Trinajstić information content (AvgIpc) is 3.23. The smallest absolute Gasteiger partial charge is 0.265 e. The van der Waals surface area contributed by atoms with Crippen LogP contribution in [0.25, 0.3) is 10.9 Å². The third-order valence-electron chi connectivity index (χ3n) is 3.62. The van der Waals surface area contributed by atoms with E-state index < -0.39 is 5.91 Å². The third kappa shape index (κ3) is 3.67. The second kappa shape index (κ2) is 7.92. The van der Waals surface area contributed by atoms with Crippen molar-refractivity contribution in [3.8, 4) is 0 Å². The van der Waals surface area contributed by atoms with E-state index in [1.54, 1.807) is 48.1 Å². The summed E-state index contributed by atoms with van der Waals surface area (Å²) in [4.78, 5) is 11.8. The van der Waals surface area contributed by atoms with Gasteiger partial charge in [-0.3, -0.25) is 9.10 Å². The van der Waals surface area contributed by atoms with E-state index in [1.165, 1.54) is 0 Å². The highest BCUT2D eigenvalue weighted by atomic mass is 32.2. The molecule has 1 aromatic carbocycles. The van der Waals surface area contributed by atoms with Crippen LogP contribution in [-0.2, 0) is 16.2 Å². The van der Waals surface area contributed by atoms with Crippen molar-refractivity contribution in [3.63, 3.8) is 0 Å². The van der Waals surface area contributed by atoms with Crippen LogP contribution in [-0.4, -0.2) is 31.4 Å². The minimum absolute atomic E-state index is 0.239. The van der Waals surface area contributed by atoms with E-state index in [-0.39, 0.29) is 6.73 Å². The van der Waals surface area contributed by atoms with Crippen LogP contribution in [0, 0.1) is 0 Å². The molecule has 3 rings (SSSR count). The van der Waals surface area contributed by atoms with Gasteiger partial charge in [0.25, 0.3) is 5.91 Å². The van der Waals surface area contributed by atoms with Gasteiger partial charge in [0.05, 0.1) is 15.4 Å². The Bertz CT molecular complexity index is 862. The maximum Gasteiger partial charge on any atom is 0.265 e. The minimum atomic E-state index is -0.483. The van der Waals surface area contributed by atoms with Gasteiger partial charge in [0.2, 0.25) is 0 Å². The Morgan fingerprint density at radius 1 is 1.28 bits per heavy atom. The number of methoxy groups -OCH3 is 2. The lowest BCUT2D eigenvalue weighted by molar-refractivity contribution is 0.0961. The lowest BCUT2D eigenvalue weighted by Gasteiger charge is -2.23. The lowest BCUT2D eigenvalue weighted by atomic mass is 10.2. The number of thiophene rings is 1. The molecule has 6 nitrogen and oxygen atoms in total. The van der Waals surface area contributed by atoms with Crippen LogP contribution in [0.5, 0.6) is 0 Å². The molecule has 2 aromatic heterocycles. The largest absolute Gasteiger partial charge is 0.364 e. The van der Waals surface area contributed by atoms with Crippen LogP contribution < -0.4 is 10.0 Å². The van der Waals surface area contributed by atoms with Crippen LogP contribution in [0.4, 0.5) is 5.69 Å². The van der Waals surface area contributed by atoms with Crippen molar-refractivity contribution in [3.05, 3.63) is 47.5 Å².